The number of carbonyl (C=O) groups excluding carboxylic acids is 1. The van der Waals surface area contributed by atoms with E-state index >= 15 is 0 Å². The van der Waals surface area contributed by atoms with Gasteiger partial charge < -0.3 is 19.3 Å². The Morgan fingerprint density at radius 1 is 1.12 bits per heavy atom. The largest absolute Gasteiger partial charge is 0.486 e. The first-order chi connectivity index (χ1) is 12.6. The lowest BCUT2D eigenvalue weighted by atomic mass is 10.1. The number of nitrogens with zero attached hydrogens (tertiary/aromatic N) is 2. The van der Waals surface area contributed by atoms with Crippen LogP contribution in [0.4, 0.5) is 5.69 Å². The van der Waals surface area contributed by atoms with Gasteiger partial charge in [0, 0.05) is 23.3 Å². The third kappa shape index (κ3) is 3.21. The minimum absolute atomic E-state index is 0.295. The summed E-state index contributed by atoms with van der Waals surface area (Å²) in [6.07, 6.45) is 0. The quantitative estimate of drug-likeness (QED) is 0.755. The lowest BCUT2D eigenvalue weighted by Gasteiger charge is -2.20. The number of fused-ring (bicyclic) bond motifs is 1. The highest BCUT2D eigenvalue weighted by molar-refractivity contribution is 6.34. The first kappa shape index (κ1) is 16.4. The van der Waals surface area contributed by atoms with Gasteiger partial charge in [-0.2, -0.15) is 4.98 Å². The van der Waals surface area contributed by atoms with Gasteiger partial charge in [0.15, 0.2) is 17.3 Å². The van der Waals surface area contributed by atoms with E-state index in [9.17, 15) is 4.79 Å². The second-order valence-electron chi connectivity index (χ2n) is 5.65. The molecule has 7 nitrogen and oxygen atoms in total. The molecule has 2 heterocycles. The summed E-state index contributed by atoms with van der Waals surface area (Å²) in [7, 11) is 0. The van der Waals surface area contributed by atoms with Crippen molar-refractivity contribution in [3.63, 3.8) is 0 Å². The summed E-state index contributed by atoms with van der Waals surface area (Å²) in [4.78, 5) is 16.6. The second-order valence-corrected chi connectivity index (χ2v) is 6.06. The molecule has 3 aromatic rings. The van der Waals surface area contributed by atoms with E-state index in [1.165, 1.54) is 0 Å². The standard InChI is InChI=1S/C18H14ClN3O4/c1-10-20-18(26-22-10)12-4-2-11(3-5-12)17(23)21-14-9-16-15(8-13(14)19)24-6-7-25-16/h2-5,8-9H,6-7H2,1H3,(H,21,23). The van der Waals surface area contributed by atoms with Crippen molar-refractivity contribution >= 4 is 23.2 Å². The van der Waals surface area contributed by atoms with Crippen LogP contribution in [-0.4, -0.2) is 29.3 Å². The monoisotopic (exact) mass is 371 g/mol. The average Bonchev–Trinajstić information content (AvgIpc) is 3.09. The Morgan fingerprint density at radius 3 is 2.46 bits per heavy atom. The lowest BCUT2D eigenvalue weighted by Crippen LogP contribution is -2.16. The molecule has 8 heteroatoms. The van der Waals surface area contributed by atoms with Crippen LogP contribution in [0.2, 0.25) is 5.02 Å². The molecular weight excluding hydrogens is 358 g/mol. The molecule has 1 amide bonds. The molecule has 0 spiro atoms. The van der Waals surface area contributed by atoms with Crippen LogP contribution < -0.4 is 14.8 Å². The Hall–Kier alpha value is -3.06. The molecule has 0 bridgehead atoms. The zero-order chi connectivity index (χ0) is 18.1. The van der Waals surface area contributed by atoms with Gasteiger partial charge in [0.05, 0.1) is 10.7 Å². The number of aromatic nitrogens is 2. The SMILES string of the molecule is Cc1noc(-c2ccc(C(=O)Nc3cc4c(cc3Cl)OCCO4)cc2)n1. The van der Waals surface area contributed by atoms with Crippen LogP contribution in [0.25, 0.3) is 11.5 Å². The van der Waals surface area contributed by atoms with Gasteiger partial charge in [0.1, 0.15) is 13.2 Å². The van der Waals surface area contributed by atoms with Gasteiger partial charge in [-0.05, 0) is 31.2 Å². The molecule has 1 aliphatic heterocycles. The Morgan fingerprint density at radius 2 is 1.81 bits per heavy atom. The predicted octanol–water partition coefficient (Wildman–Crippen LogP) is 3.72. The Kier molecular flexibility index (Phi) is 4.22. The number of carbonyl (C=O) groups is 1. The highest BCUT2D eigenvalue weighted by Crippen LogP contribution is 2.38. The zero-order valence-corrected chi connectivity index (χ0v) is 14.5. The fourth-order valence-corrected chi connectivity index (χ4v) is 2.73. The molecule has 0 fully saturated rings. The summed E-state index contributed by atoms with van der Waals surface area (Å²) in [5, 5.41) is 6.91. The topological polar surface area (TPSA) is 86.5 Å². The molecular formula is C18H14ClN3O4. The molecule has 132 valence electrons. The first-order valence-electron chi connectivity index (χ1n) is 7.91. The van der Waals surface area contributed by atoms with Gasteiger partial charge in [0.25, 0.3) is 11.8 Å². The number of amides is 1. The van der Waals surface area contributed by atoms with Crippen molar-refractivity contribution in [1.82, 2.24) is 10.1 Å². The van der Waals surface area contributed by atoms with Gasteiger partial charge in [-0.15, -0.1) is 0 Å². The summed E-state index contributed by atoms with van der Waals surface area (Å²) in [6, 6.07) is 10.1. The maximum atomic E-state index is 12.5. The fourth-order valence-electron chi connectivity index (χ4n) is 2.53. The molecule has 26 heavy (non-hydrogen) atoms. The highest BCUT2D eigenvalue weighted by Gasteiger charge is 2.17. The van der Waals surface area contributed by atoms with Gasteiger partial charge >= 0.3 is 0 Å². The van der Waals surface area contributed by atoms with Crippen LogP contribution in [-0.2, 0) is 0 Å². The molecule has 1 N–H and O–H groups in total. The van der Waals surface area contributed by atoms with Crippen molar-refractivity contribution in [3.8, 4) is 23.0 Å². The Bertz CT molecular complexity index is 969. The third-order valence-corrected chi connectivity index (χ3v) is 4.11. The highest BCUT2D eigenvalue weighted by atomic mass is 35.5. The van der Waals surface area contributed by atoms with Crippen molar-refractivity contribution in [2.24, 2.45) is 0 Å². The van der Waals surface area contributed by atoms with E-state index in [0.29, 0.717) is 52.7 Å². The average molecular weight is 372 g/mol. The molecule has 0 radical (unpaired) electrons. The number of benzene rings is 2. The normalized spacial score (nSPS) is 12.7. The second kappa shape index (κ2) is 6.68. The molecule has 0 unspecified atom stereocenters. The summed E-state index contributed by atoms with van der Waals surface area (Å²) in [5.74, 6) is 1.78. The van der Waals surface area contributed by atoms with Crippen LogP contribution in [0.5, 0.6) is 11.5 Å². The van der Waals surface area contributed by atoms with E-state index < -0.39 is 0 Å². The van der Waals surface area contributed by atoms with Crippen LogP contribution >= 0.6 is 11.6 Å². The van der Waals surface area contributed by atoms with E-state index in [2.05, 4.69) is 15.5 Å². The fraction of sp³-hybridized carbons (Fsp3) is 0.167. The van der Waals surface area contributed by atoms with Crippen LogP contribution in [0.3, 0.4) is 0 Å². The van der Waals surface area contributed by atoms with E-state index in [1.54, 1.807) is 43.3 Å². The van der Waals surface area contributed by atoms with Crippen LogP contribution in [0, 0.1) is 6.92 Å². The third-order valence-electron chi connectivity index (χ3n) is 3.80. The number of anilines is 1. The molecule has 1 aliphatic rings. The number of ether oxygens (including phenoxy) is 2. The van der Waals surface area contributed by atoms with Gasteiger partial charge in [-0.1, -0.05) is 16.8 Å². The smallest absolute Gasteiger partial charge is 0.257 e. The lowest BCUT2D eigenvalue weighted by molar-refractivity contribution is 0.102. The van der Waals surface area contributed by atoms with E-state index in [1.807, 2.05) is 0 Å². The zero-order valence-electron chi connectivity index (χ0n) is 13.8. The van der Waals surface area contributed by atoms with Gasteiger partial charge in [0.2, 0.25) is 0 Å². The summed E-state index contributed by atoms with van der Waals surface area (Å²) in [5.41, 5.74) is 1.66. The number of hydrogen-bond donors (Lipinski definition) is 1. The van der Waals surface area contributed by atoms with E-state index in [0.717, 1.165) is 5.56 Å². The molecule has 4 rings (SSSR count). The van der Waals surface area contributed by atoms with Crippen molar-refractivity contribution in [3.05, 3.63) is 52.8 Å². The maximum Gasteiger partial charge on any atom is 0.257 e. The van der Waals surface area contributed by atoms with Gasteiger partial charge in [-0.3, -0.25) is 4.79 Å². The number of nitrogens with one attached hydrogen (secondary N) is 1. The number of rotatable bonds is 3. The number of halogens is 1. The minimum Gasteiger partial charge on any atom is -0.486 e. The Labute approximate surface area is 153 Å². The summed E-state index contributed by atoms with van der Waals surface area (Å²) in [6.45, 7) is 2.67. The summed E-state index contributed by atoms with van der Waals surface area (Å²) >= 11 is 6.22. The first-order valence-corrected chi connectivity index (χ1v) is 8.29. The predicted molar refractivity (Wildman–Crippen MR) is 94.9 cm³/mol. The molecule has 0 saturated carbocycles. The maximum absolute atomic E-state index is 12.5. The van der Waals surface area contributed by atoms with E-state index in [-0.39, 0.29) is 5.91 Å². The van der Waals surface area contributed by atoms with Crippen molar-refractivity contribution < 1.29 is 18.8 Å². The molecule has 0 saturated heterocycles. The molecule has 0 atom stereocenters. The number of hydrogen-bond acceptors (Lipinski definition) is 6. The van der Waals surface area contributed by atoms with Crippen molar-refractivity contribution in [2.75, 3.05) is 18.5 Å². The van der Waals surface area contributed by atoms with Crippen molar-refractivity contribution in [1.29, 1.82) is 0 Å². The van der Waals surface area contributed by atoms with Crippen LogP contribution in [0.1, 0.15) is 16.2 Å². The van der Waals surface area contributed by atoms with Crippen molar-refractivity contribution in [2.45, 2.75) is 6.92 Å². The molecule has 0 aliphatic carbocycles. The molecule has 1 aromatic heterocycles. The minimum atomic E-state index is -0.295. The summed E-state index contributed by atoms with van der Waals surface area (Å²) < 4.78 is 16.1. The van der Waals surface area contributed by atoms with E-state index in [4.69, 9.17) is 25.6 Å². The molecule has 2 aromatic carbocycles. The Balaban J connectivity index is 1.53. The van der Waals surface area contributed by atoms with Crippen LogP contribution in [0.15, 0.2) is 40.9 Å². The number of aryl methyl sites for hydroxylation is 1. The van der Waals surface area contributed by atoms with Gasteiger partial charge in [-0.25, -0.2) is 0 Å².